The van der Waals surface area contributed by atoms with Gasteiger partial charge in [-0.15, -0.1) is 11.3 Å². The Morgan fingerprint density at radius 1 is 1.46 bits per heavy atom. The van der Waals surface area contributed by atoms with Crippen molar-refractivity contribution in [3.63, 3.8) is 0 Å². The molecule has 0 spiro atoms. The Bertz CT molecular complexity index is 895. The van der Waals surface area contributed by atoms with Crippen LogP contribution in [-0.2, 0) is 16.1 Å². The predicted molar refractivity (Wildman–Crippen MR) is 95.8 cm³/mol. The summed E-state index contributed by atoms with van der Waals surface area (Å²) in [6, 6.07) is 4.79. The summed E-state index contributed by atoms with van der Waals surface area (Å²) >= 11 is 1.25. The second-order valence-electron chi connectivity index (χ2n) is 7.19. The average Bonchev–Trinajstić information content (AvgIpc) is 3.26. The van der Waals surface area contributed by atoms with Crippen LogP contribution >= 0.6 is 11.3 Å². The molecule has 0 radical (unpaired) electrons. The van der Waals surface area contributed by atoms with E-state index in [1.54, 1.807) is 17.0 Å². The molecule has 1 aromatic carbocycles. The minimum atomic E-state index is -0.820. The number of carboxylic acids is 1. The van der Waals surface area contributed by atoms with Gasteiger partial charge in [0.25, 0.3) is 5.91 Å². The number of carbonyl (C=O) groups is 2. The summed E-state index contributed by atoms with van der Waals surface area (Å²) in [6.45, 7) is 0.826. The maximum Gasteiger partial charge on any atom is 0.311 e. The molecular formula is C19H20FNO4S. The highest BCUT2D eigenvalue weighted by Crippen LogP contribution is 2.49. The first-order chi connectivity index (χ1) is 12.5. The number of halogens is 1. The summed E-state index contributed by atoms with van der Waals surface area (Å²) in [5.74, 6) is -1.39. The molecule has 5 nitrogen and oxygen atoms in total. The van der Waals surface area contributed by atoms with Crippen LogP contribution in [-0.4, -0.2) is 42.1 Å². The van der Waals surface area contributed by atoms with Crippen LogP contribution in [0, 0.1) is 17.2 Å². The van der Waals surface area contributed by atoms with Crippen molar-refractivity contribution in [2.45, 2.75) is 25.9 Å². The zero-order valence-electron chi connectivity index (χ0n) is 14.5. The van der Waals surface area contributed by atoms with Gasteiger partial charge in [0.2, 0.25) is 0 Å². The molecule has 1 saturated heterocycles. The molecule has 1 aliphatic heterocycles. The van der Waals surface area contributed by atoms with Crippen molar-refractivity contribution < 1.29 is 23.8 Å². The number of nitrogens with zero attached hydrogens (tertiary/aromatic N) is 1. The SMILES string of the molecule is COCc1c(C(=O)N2C[C@@H]3CCC[C@@]3(C(=O)O)C2)sc2cccc(F)c12. The van der Waals surface area contributed by atoms with Crippen LogP contribution in [0.5, 0.6) is 0 Å². The third-order valence-corrected chi connectivity index (χ3v) is 7.02. The Morgan fingerprint density at radius 3 is 2.96 bits per heavy atom. The third-order valence-electron chi connectivity index (χ3n) is 5.83. The molecule has 1 saturated carbocycles. The van der Waals surface area contributed by atoms with Crippen molar-refractivity contribution in [1.29, 1.82) is 0 Å². The standard InChI is InChI=1S/C19H20FNO4S/c1-25-9-12-15-13(20)5-2-6-14(15)26-16(12)17(22)21-8-11-4-3-7-19(11,10-21)18(23)24/h2,5-6,11H,3-4,7-10H2,1H3,(H,23,24)/t11-,19+/m0/s1. The lowest BCUT2D eigenvalue weighted by Crippen LogP contribution is -2.37. The molecule has 0 bridgehead atoms. The lowest BCUT2D eigenvalue weighted by molar-refractivity contribution is -0.149. The molecule has 7 heteroatoms. The monoisotopic (exact) mass is 377 g/mol. The number of carbonyl (C=O) groups excluding carboxylic acids is 1. The molecule has 1 aromatic heterocycles. The number of ether oxygens (including phenoxy) is 1. The lowest BCUT2D eigenvalue weighted by atomic mass is 9.81. The van der Waals surface area contributed by atoms with Crippen LogP contribution in [0.2, 0.25) is 0 Å². The van der Waals surface area contributed by atoms with E-state index < -0.39 is 11.4 Å². The van der Waals surface area contributed by atoms with E-state index in [1.165, 1.54) is 24.5 Å². The van der Waals surface area contributed by atoms with Gasteiger partial charge in [0, 0.05) is 35.8 Å². The zero-order chi connectivity index (χ0) is 18.5. The van der Waals surface area contributed by atoms with Crippen molar-refractivity contribution >= 4 is 33.3 Å². The summed E-state index contributed by atoms with van der Waals surface area (Å²) < 4.78 is 20.2. The van der Waals surface area contributed by atoms with Gasteiger partial charge in [-0.05, 0) is 30.9 Å². The van der Waals surface area contributed by atoms with E-state index in [1.807, 2.05) is 0 Å². The van der Waals surface area contributed by atoms with Crippen LogP contribution < -0.4 is 0 Å². The number of rotatable bonds is 4. The number of fused-ring (bicyclic) bond motifs is 2. The van der Waals surface area contributed by atoms with E-state index >= 15 is 0 Å². The van der Waals surface area contributed by atoms with Crippen molar-refractivity contribution in [2.24, 2.45) is 11.3 Å². The maximum atomic E-state index is 14.3. The summed E-state index contributed by atoms with van der Waals surface area (Å²) in [7, 11) is 1.51. The molecule has 2 aromatic rings. The van der Waals surface area contributed by atoms with Crippen LogP contribution in [0.4, 0.5) is 4.39 Å². The van der Waals surface area contributed by atoms with E-state index in [-0.39, 0.29) is 30.8 Å². The molecule has 1 aliphatic carbocycles. The van der Waals surface area contributed by atoms with Gasteiger partial charge in [-0.1, -0.05) is 12.5 Å². The van der Waals surface area contributed by atoms with Gasteiger partial charge >= 0.3 is 5.97 Å². The molecule has 2 atom stereocenters. The van der Waals surface area contributed by atoms with Crippen LogP contribution in [0.25, 0.3) is 10.1 Å². The predicted octanol–water partition coefficient (Wildman–Crippen LogP) is 3.51. The number of thiophene rings is 1. The van der Waals surface area contributed by atoms with Crippen molar-refractivity contribution in [3.8, 4) is 0 Å². The van der Waals surface area contributed by atoms with Crippen molar-refractivity contribution in [2.75, 3.05) is 20.2 Å². The Labute approximate surface area is 154 Å². The third kappa shape index (κ3) is 2.45. The number of likely N-dealkylation sites (tertiary alicyclic amines) is 1. The zero-order valence-corrected chi connectivity index (χ0v) is 15.3. The smallest absolute Gasteiger partial charge is 0.311 e. The number of aliphatic carboxylic acids is 1. The molecule has 138 valence electrons. The minimum Gasteiger partial charge on any atom is -0.481 e. The highest BCUT2D eigenvalue weighted by molar-refractivity contribution is 7.21. The quantitative estimate of drug-likeness (QED) is 0.885. The minimum absolute atomic E-state index is 0.000870. The first-order valence-electron chi connectivity index (χ1n) is 8.69. The van der Waals surface area contributed by atoms with Gasteiger partial charge in [-0.2, -0.15) is 0 Å². The number of hydrogen-bond acceptors (Lipinski definition) is 4. The average molecular weight is 377 g/mol. The summed E-state index contributed by atoms with van der Waals surface area (Å²) in [4.78, 5) is 27.1. The molecule has 1 N–H and O–H groups in total. The second kappa shape index (κ2) is 6.32. The van der Waals surface area contributed by atoms with Crippen LogP contribution in [0.1, 0.15) is 34.5 Å². The summed E-state index contributed by atoms with van der Waals surface area (Å²) in [5, 5.41) is 10.2. The topological polar surface area (TPSA) is 66.8 Å². The fourth-order valence-electron chi connectivity index (χ4n) is 4.56. The summed E-state index contributed by atoms with van der Waals surface area (Å²) in [6.07, 6.45) is 2.34. The Hall–Kier alpha value is -1.99. The highest BCUT2D eigenvalue weighted by Gasteiger charge is 2.56. The van der Waals surface area contributed by atoms with Gasteiger partial charge < -0.3 is 14.7 Å². The van der Waals surface area contributed by atoms with Crippen molar-refractivity contribution in [1.82, 2.24) is 4.90 Å². The molecule has 2 aliphatic rings. The fourth-order valence-corrected chi connectivity index (χ4v) is 5.75. The Balaban J connectivity index is 1.72. The van der Waals surface area contributed by atoms with E-state index in [4.69, 9.17) is 4.74 Å². The lowest BCUT2D eigenvalue weighted by Gasteiger charge is -2.23. The molecule has 1 amide bonds. The first-order valence-corrected chi connectivity index (χ1v) is 9.51. The van der Waals surface area contributed by atoms with Crippen molar-refractivity contribution in [3.05, 3.63) is 34.5 Å². The fraction of sp³-hybridized carbons (Fsp3) is 0.474. The molecule has 26 heavy (non-hydrogen) atoms. The van der Waals surface area contributed by atoms with E-state index in [0.717, 1.165) is 12.8 Å². The number of methoxy groups -OCH3 is 1. The number of carboxylic acid groups (broad SMARTS) is 1. The number of benzene rings is 1. The number of amides is 1. The summed E-state index contributed by atoms with van der Waals surface area (Å²) in [5.41, 5.74) is -0.268. The van der Waals surface area contributed by atoms with E-state index in [0.29, 0.717) is 33.5 Å². The van der Waals surface area contributed by atoms with Crippen LogP contribution in [0.3, 0.4) is 0 Å². The Kier molecular flexibility index (Phi) is 4.23. The van der Waals surface area contributed by atoms with Gasteiger partial charge in [0.05, 0.1) is 16.9 Å². The molecule has 2 fully saturated rings. The highest BCUT2D eigenvalue weighted by atomic mass is 32.1. The van der Waals surface area contributed by atoms with E-state index in [2.05, 4.69) is 0 Å². The second-order valence-corrected chi connectivity index (χ2v) is 8.24. The normalized spacial score (nSPS) is 25.0. The molecule has 4 rings (SSSR count). The molecular weight excluding hydrogens is 357 g/mol. The molecule has 0 unspecified atom stereocenters. The van der Waals surface area contributed by atoms with Gasteiger partial charge in [-0.25, -0.2) is 4.39 Å². The number of hydrogen-bond donors (Lipinski definition) is 1. The largest absolute Gasteiger partial charge is 0.481 e. The molecule has 2 heterocycles. The maximum absolute atomic E-state index is 14.3. The van der Waals surface area contributed by atoms with E-state index in [9.17, 15) is 19.1 Å². The van der Waals surface area contributed by atoms with Gasteiger partial charge in [-0.3, -0.25) is 9.59 Å². The first kappa shape index (κ1) is 17.4. The van der Waals surface area contributed by atoms with Crippen LogP contribution in [0.15, 0.2) is 18.2 Å². The van der Waals surface area contributed by atoms with Gasteiger partial charge in [0.15, 0.2) is 0 Å². The van der Waals surface area contributed by atoms with Gasteiger partial charge in [0.1, 0.15) is 5.82 Å². The Morgan fingerprint density at radius 2 is 2.27 bits per heavy atom.